The van der Waals surface area contributed by atoms with Crippen molar-refractivity contribution in [1.82, 2.24) is 4.98 Å². The van der Waals surface area contributed by atoms with Gasteiger partial charge in [-0.3, -0.25) is 4.79 Å². The lowest BCUT2D eigenvalue weighted by atomic mass is 10.0. The lowest BCUT2D eigenvalue weighted by Gasteiger charge is -2.02. The second kappa shape index (κ2) is 5.12. The summed E-state index contributed by atoms with van der Waals surface area (Å²) in [5.74, 6) is -0.585. The van der Waals surface area contributed by atoms with Crippen molar-refractivity contribution < 1.29 is 14.3 Å². The molecule has 0 bridgehead atoms. The maximum absolute atomic E-state index is 12.1. The molecule has 1 aliphatic carbocycles. The molecule has 4 heteroatoms. The van der Waals surface area contributed by atoms with E-state index in [1.165, 1.54) is 18.4 Å². The Labute approximate surface area is 117 Å². The third-order valence-electron chi connectivity index (χ3n) is 3.67. The number of nitrogens with one attached hydrogen (secondary N) is 1. The highest BCUT2D eigenvalue weighted by molar-refractivity contribution is 6.43. The van der Waals surface area contributed by atoms with Crippen molar-refractivity contribution in [2.75, 3.05) is 6.61 Å². The molecule has 4 nitrogen and oxygen atoms in total. The van der Waals surface area contributed by atoms with Gasteiger partial charge in [0, 0.05) is 17.1 Å². The molecule has 104 valence electrons. The standard InChI is InChI=1S/C16H17NO3/c1-2-20-16(19)15(18)13-9-17-14-6-5-11(8-12(13)14)7-10-3-4-10/h5-6,8-10,17H,2-4,7H2,1H3. The van der Waals surface area contributed by atoms with Gasteiger partial charge in [-0.1, -0.05) is 6.07 Å². The fraction of sp³-hybridized carbons (Fsp3) is 0.375. The average molecular weight is 271 g/mol. The predicted octanol–water partition coefficient (Wildman–Crippen LogP) is 2.87. The van der Waals surface area contributed by atoms with E-state index in [1.807, 2.05) is 12.1 Å². The van der Waals surface area contributed by atoms with Crippen molar-refractivity contribution in [1.29, 1.82) is 0 Å². The Balaban J connectivity index is 1.93. The molecular formula is C16H17NO3. The van der Waals surface area contributed by atoms with Gasteiger partial charge < -0.3 is 9.72 Å². The zero-order chi connectivity index (χ0) is 14.1. The Morgan fingerprint density at radius 1 is 1.35 bits per heavy atom. The Bertz CT molecular complexity index is 667. The molecule has 0 amide bonds. The van der Waals surface area contributed by atoms with Crippen LogP contribution < -0.4 is 0 Å². The number of esters is 1. The first-order chi connectivity index (χ1) is 9.69. The van der Waals surface area contributed by atoms with Crippen LogP contribution in [-0.2, 0) is 16.0 Å². The van der Waals surface area contributed by atoms with Crippen LogP contribution in [0.15, 0.2) is 24.4 Å². The SMILES string of the molecule is CCOC(=O)C(=O)c1c[nH]c2ccc(CC3CC3)cc12. The lowest BCUT2D eigenvalue weighted by molar-refractivity contribution is -0.137. The molecule has 0 radical (unpaired) electrons. The highest BCUT2D eigenvalue weighted by atomic mass is 16.5. The summed E-state index contributed by atoms with van der Waals surface area (Å²) in [5, 5.41) is 0.807. The van der Waals surface area contributed by atoms with Gasteiger partial charge in [0.2, 0.25) is 0 Å². The fourth-order valence-electron chi connectivity index (χ4n) is 2.44. The molecule has 3 rings (SSSR count). The quantitative estimate of drug-likeness (QED) is 0.517. The van der Waals surface area contributed by atoms with E-state index in [4.69, 9.17) is 4.74 Å². The molecule has 0 unspecified atom stereocenters. The van der Waals surface area contributed by atoms with Crippen molar-refractivity contribution in [2.24, 2.45) is 5.92 Å². The van der Waals surface area contributed by atoms with Gasteiger partial charge in [0.05, 0.1) is 12.2 Å². The minimum Gasteiger partial charge on any atom is -0.460 e. The summed E-state index contributed by atoms with van der Waals surface area (Å²) in [5.41, 5.74) is 2.49. The van der Waals surface area contributed by atoms with E-state index in [-0.39, 0.29) is 6.61 Å². The van der Waals surface area contributed by atoms with Crippen LogP contribution in [0.3, 0.4) is 0 Å². The van der Waals surface area contributed by atoms with Gasteiger partial charge in [-0.25, -0.2) is 4.79 Å². The average Bonchev–Trinajstić information content (AvgIpc) is 3.15. The molecule has 20 heavy (non-hydrogen) atoms. The van der Waals surface area contributed by atoms with E-state index in [9.17, 15) is 9.59 Å². The number of hydrogen-bond acceptors (Lipinski definition) is 3. The van der Waals surface area contributed by atoms with Crippen molar-refractivity contribution in [3.8, 4) is 0 Å². The van der Waals surface area contributed by atoms with Gasteiger partial charge in [0.1, 0.15) is 0 Å². The first kappa shape index (κ1) is 12.9. The number of carbonyl (C=O) groups is 2. The van der Waals surface area contributed by atoms with Gasteiger partial charge >= 0.3 is 5.97 Å². The minimum absolute atomic E-state index is 0.208. The second-order valence-electron chi connectivity index (χ2n) is 5.28. The number of aromatic amines is 1. The Hall–Kier alpha value is -2.10. The molecular weight excluding hydrogens is 254 g/mol. The highest BCUT2D eigenvalue weighted by Gasteiger charge is 2.23. The fourth-order valence-corrected chi connectivity index (χ4v) is 2.44. The van der Waals surface area contributed by atoms with E-state index in [0.717, 1.165) is 23.2 Å². The topological polar surface area (TPSA) is 59.2 Å². The number of carbonyl (C=O) groups excluding carboxylic acids is 2. The number of benzene rings is 1. The Morgan fingerprint density at radius 3 is 2.85 bits per heavy atom. The molecule has 0 aliphatic heterocycles. The van der Waals surface area contributed by atoms with Gasteiger partial charge in [-0.2, -0.15) is 0 Å². The number of Topliss-reactive ketones (excluding diaryl/α,β-unsaturated/α-hetero) is 1. The first-order valence-electron chi connectivity index (χ1n) is 7.00. The molecule has 0 atom stereocenters. The van der Waals surface area contributed by atoms with Crippen LogP contribution in [0.1, 0.15) is 35.7 Å². The summed E-state index contributed by atoms with van der Waals surface area (Å²) < 4.78 is 4.78. The van der Waals surface area contributed by atoms with Crippen LogP contribution in [0, 0.1) is 5.92 Å². The minimum atomic E-state index is -0.791. The van der Waals surface area contributed by atoms with Crippen molar-refractivity contribution in [3.05, 3.63) is 35.5 Å². The van der Waals surface area contributed by atoms with Crippen LogP contribution in [-0.4, -0.2) is 23.3 Å². The summed E-state index contributed by atoms with van der Waals surface area (Å²) in [6.07, 6.45) is 5.22. The first-order valence-corrected chi connectivity index (χ1v) is 7.00. The molecule has 2 aromatic rings. The zero-order valence-corrected chi connectivity index (χ0v) is 11.4. The molecule has 1 fully saturated rings. The number of ether oxygens (including phenoxy) is 1. The highest BCUT2D eigenvalue weighted by Crippen LogP contribution is 2.33. The number of H-pyrrole nitrogens is 1. The smallest absolute Gasteiger partial charge is 0.379 e. The normalized spacial score (nSPS) is 14.4. The summed E-state index contributed by atoms with van der Waals surface area (Å²) in [7, 11) is 0. The molecule has 0 saturated heterocycles. The second-order valence-corrected chi connectivity index (χ2v) is 5.28. The molecule has 1 aromatic carbocycles. The third kappa shape index (κ3) is 2.46. The van der Waals surface area contributed by atoms with Crippen LogP contribution in [0.2, 0.25) is 0 Å². The van der Waals surface area contributed by atoms with Gasteiger partial charge in [-0.15, -0.1) is 0 Å². The number of hydrogen-bond donors (Lipinski definition) is 1. The summed E-state index contributed by atoms with van der Waals surface area (Å²) in [6.45, 7) is 1.90. The Morgan fingerprint density at radius 2 is 2.15 bits per heavy atom. The van der Waals surface area contributed by atoms with Gasteiger partial charge in [0.15, 0.2) is 0 Å². The molecule has 0 spiro atoms. The van der Waals surface area contributed by atoms with E-state index in [1.54, 1.807) is 13.1 Å². The number of aromatic nitrogens is 1. The molecule has 1 aromatic heterocycles. The van der Waals surface area contributed by atoms with Crippen LogP contribution in [0.25, 0.3) is 10.9 Å². The van der Waals surface area contributed by atoms with Gasteiger partial charge in [-0.05, 0) is 49.8 Å². The monoisotopic (exact) mass is 271 g/mol. The van der Waals surface area contributed by atoms with Crippen LogP contribution in [0.5, 0.6) is 0 Å². The van der Waals surface area contributed by atoms with E-state index in [0.29, 0.717) is 5.56 Å². The van der Waals surface area contributed by atoms with Crippen molar-refractivity contribution in [3.63, 3.8) is 0 Å². The summed E-state index contributed by atoms with van der Waals surface area (Å²) in [6, 6.07) is 6.06. The molecule has 1 N–H and O–H groups in total. The number of rotatable bonds is 5. The summed E-state index contributed by atoms with van der Waals surface area (Å²) in [4.78, 5) is 26.7. The molecule has 1 aliphatic rings. The van der Waals surface area contributed by atoms with Crippen molar-refractivity contribution in [2.45, 2.75) is 26.2 Å². The van der Waals surface area contributed by atoms with Crippen LogP contribution in [0.4, 0.5) is 0 Å². The predicted molar refractivity (Wildman–Crippen MR) is 75.7 cm³/mol. The maximum atomic E-state index is 12.1. The lowest BCUT2D eigenvalue weighted by Crippen LogP contribution is -2.17. The van der Waals surface area contributed by atoms with E-state index >= 15 is 0 Å². The summed E-state index contributed by atoms with van der Waals surface area (Å²) >= 11 is 0. The van der Waals surface area contributed by atoms with E-state index < -0.39 is 11.8 Å². The maximum Gasteiger partial charge on any atom is 0.379 e. The van der Waals surface area contributed by atoms with Crippen LogP contribution >= 0.6 is 0 Å². The van der Waals surface area contributed by atoms with Crippen molar-refractivity contribution >= 4 is 22.7 Å². The molecule has 1 heterocycles. The zero-order valence-electron chi connectivity index (χ0n) is 11.4. The molecule has 1 saturated carbocycles. The Kier molecular flexibility index (Phi) is 3.30. The van der Waals surface area contributed by atoms with E-state index in [2.05, 4.69) is 11.1 Å². The largest absolute Gasteiger partial charge is 0.460 e. The van der Waals surface area contributed by atoms with Gasteiger partial charge in [0.25, 0.3) is 5.78 Å². The third-order valence-corrected chi connectivity index (χ3v) is 3.67. The number of fused-ring (bicyclic) bond motifs is 1. The number of ketones is 1.